The molecule has 3 aliphatic rings. The number of rotatable bonds is 3. The van der Waals surface area contributed by atoms with Crippen LogP contribution in [0.5, 0.6) is 11.5 Å². The molecule has 0 aliphatic carbocycles. The summed E-state index contributed by atoms with van der Waals surface area (Å²) in [4.78, 5) is 9.95. The van der Waals surface area contributed by atoms with Gasteiger partial charge >= 0.3 is 5.69 Å². The molecule has 1 aromatic carbocycles. The summed E-state index contributed by atoms with van der Waals surface area (Å²) in [5.41, 5.74) is 1.23. The van der Waals surface area contributed by atoms with Gasteiger partial charge in [0.15, 0.2) is 16.7 Å². The predicted octanol–water partition coefficient (Wildman–Crippen LogP) is 3.09. The molecule has 0 atom stereocenters. The molecule has 5 rings (SSSR count). The fourth-order valence-electron chi connectivity index (χ4n) is 3.56. The second kappa shape index (κ2) is 6.19. The lowest BCUT2D eigenvalue weighted by Gasteiger charge is -2.30. The van der Waals surface area contributed by atoms with Gasteiger partial charge in [0.25, 0.3) is 5.69 Å². The van der Waals surface area contributed by atoms with Crippen molar-refractivity contribution in [2.45, 2.75) is 18.9 Å². The first-order valence-corrected chi connectivity index (χ1v) is 9.13. The Kier molecular flexibility index (Phi) is 3.66. The average Bonchev–Trinajstić information content (AvgIpc) is 3.46. The van der Waals surface area contributed by atoms with Crippen LogP contribution in [-0.2, 0) is 0 Å². The van der Waals surface area contributed by atoms with Crippen molar-refractivity contribution >= 4 is 22.9 Å². The van der Waals surface area contributed by atoms with Crippen molar-refractivity contribution in [2.75, 3.05) is 36.0 Å². The molecule has 0 spiro atoms. The lowest BCUT2D eigenvalue weighted by Crippen LogP contribution is -2.36. The van der Waals surface area contributed by atoms with Gasteiger partial charge in [-0.3, -0.25) is 0 Å². The van der Waals surface area contributed by atoms with Gasteiger partial charge in [-0.2, -0.15) is 0 Å². The highest BCUT2D eigenvalue weighted by molar-refractivity contribution is 5.82. The number of phenols is 2. The van der Waals surface area contributed by atoms with E-state index in [9.17, 15) is 10.2 Å². The zero-order valence-corrected chi connectivity index (χ0v) is 14.7. The van der Waals surface area contributed by atoms with E-state index >= 15 is 0 Å². The number of phenolic OH excluding ortho intramolecular Hbond substituents is 2. The first-order chi connectivity index (χ1) is 13.2. The number of fused-ring (bicyclic) bond motifs is 1. The number of hydrogen-bond donors (Lipinski definition) is 2. The van der Waals surface area contributed by atoms with Crippen LogP contribution < -0.4 is 9.80 Å². The van der Waals surface area contributed by atoms with E-state index in [2.05, 4.69) is 25.3 Å². The third-order valence-corrected chi connectivity index (χ3v) is 5.14. The van der Waals surface area contributed by atoms with E-state index in [1.54, 1.807) is 12.3 Å². The smallest absolute Gasteiger partial charge is 0.302 e. The molecule has 4 heterocycles. The van der Waals surface area contributed by atoms with Crippen LogP contribution in [0.4, 0.5) is 22.9 Å². The molecule has 27 heavy (non-hydrogen) atoms. The van der Waals surface area contributed by atoms with E-state index in [-0.39, 0.29) is 23.2 Å². The molecule has 3 aliphatic heterocycles. The molecule has 0 bridgehead atoms. The lowest BCUT2D eigenvalue weighted by molar-refractivity contribution is -0.524. The maximum Gasteiger partial charge on any atom is 0.302 e. The van der Waals surface area contributed by atoms with E-state index in [1.165, 1.54) is 4.81 Å². The summed E-state index contributed by atoms with van der Waals surface area (Å²) < 4.78 is 0. The van der Waals surface area contributed by atoms with E-state index in [1.807, 2.05) is 23.1 Å². The van der Waals surface area contributed by atoms with Crippen molar-refractivity contribution in [2.24, 2.45) is 15.5 Å². The van der Waals surface area contributed by atoms with Gasteiger partial charge in [-0.25, -0.2) is 4.98 Å². The summed E-state index contributed by atoms with van der Waals surface area (Å²) in [6, 6.07) is 7.54. The lowest BCUT2D eigenvalue weighted by atomic mass is 10.1. The molecule has 138 valence electrons. The van der Waals surface area contributed by atoms with Gasteiger partial charge in [-0.15, -0.1) is 0 Å². The summed E-state index contributed by atoms with van der Waals surface area (Å²) >= 11 is 0. The topological polar surface area (TPSA) is 99.7 Å². The first-order valence-electron chi connectivity index (χ1n) is 9.13. The summed E-state index contributed by atoms with van der Waals surface area (Å²) in [5.74, 6) is 1.06. The number of hydrogen-bond acceptors (Lipinski definition) is 7. The number of nitrogens with zero attached hydrogens (tertiary/aromatic N) is 7. The molecular weight excluding hydrogens is 346 g/mol. The van der Waals surface area contributed by atoms with Crippen molar-refractivity contribution in [3.8, 4) is 11.5 Å². The van der Waals surface area contributed by atoms with Crippen LogP contribution in [0, 0.1) is 0 Å². The van der Waals surface area contributed by atoms with Crippen LogP contribution in [0.25, 0.3) is 0 Å². The summed E-state index contributed by atoms with van der Waals surface area (Å²) in [5, 5.41) is 33.6. The third-order valence-electron chi connectivity index (χ3n) is 5.14. The van der Waals surface area contributed by atoms with E-state index in [0.29, 0.717) is 11.4 Å². The van der Waals surface area contributed by atoms with Crippen LogP contribution in [0.2, 0.25) is 0 Å². The zero-order chi connectivity index (χ0) is 18.4. The minimum absolute atomic E-state index is 0.0318. The Morgan fingerprint density at radius 1 is 1.07 bits per heavy atom. The monoisotopic (exact) mass is 366 g/mol. The van der Waals surface area contributed by atoms with E-state index in [0.717, 1.165) is 44.8 Å². The highest BCUT2D eigenvalue weighted by atomic mass is 16.3. The number of aromatic hydroxyl groups is 2. The fourth-order valence-corrected chi connectivity index (χ4v) is 3.56. The van der Waals surface area contributed by atoms with Gasteiger partial charge in [-0.1, -0.05) is 11.2 Å². The highest BCUT2D eigenvalue weighted by Gasteiger charge is 2.38. The fraction of sp³-hybridized carbons (Fsp3) is 0.389. The van der Waals surface area contributed by atoms with Gasteiger partial charge in [0.1, 0.15) is 5.82 Å². The predicted molar refractivity (Wildman–Crippen MR) is 98.3 cm³/mol. The Hall–Kier alpha value is -3.23. The quantitative estimate of drug-likeness (QED) is 0.494. The van der Waals surface area contributed by atoms with Gasteiger partial charge in [0, 0.05) is 43.2 Å². The second-order valence-electron chi connectivity index (χ2n) is 6.95. The number of azo groups is 1. The van der Waals surface area contributed by atoms with Gasteiger partial charge < -0.3 is 20.0 Å². The molecule has 2 saturated heterocycles. The molecule has 1 aromatic heterocycles. The molecule has 0 radical (unpaired) electrons. The highest BCUT2D eigenvalue weighted by Crippen LogP contribution is 2.53. The van der Waals surface area contributed by atoms with Gasteiger partial charge in [0.2, 0.25) is 0 Å². The Labute approximate surface area is 155 Å². The molecule has 2 aromatic rings. The molecule has 0 unspecified atom stereocenters. The van der Waals surface area contributed by atoms with E-state index < -0.39 is 0 Å². The number of aromatic nitrogens is 1. The summed E-state index contributed by atoms with van der Waals surface area (Å²) in [6.45, 7) is 3.44. The summed E-state index contributed by atoms with van der Waals surface area (Å²) in [7, 11) is 0. The van der Waals surface area contributed by atoms with Crippen LogP contribution in [0.15, 0.2) is 45.9 Å². The van der Waals surface area contributed by atoms with Crippen molar-refractivity contribution in [3.05, 3.63) is 30.5 Å². The van der Waals surface area contributed by atoms with Crippen LogP contribution >= 0.6 is 0 Å². The summed E-state index contributed by atoms with van der Waals surface area (Å²) in [6.07, 6.45) is 3.52. The minimum Gasteiger partial charge on any atom is -0.504 e. The molecule has 9 heteroatoms. The maximum atomic E-state index is 10.4. The molecule has 9 nitrogen and oxygen atoms in total. The molecule has 0 amide bonds. The second-order valence-corrected chi connectivity index (χ2v) is 6.95. The Morgan fingerprint density at radius 2 is 1.89 bits per heavy atom. The van der Waals surface area contributed by atoms with Crippen LogP contribution in [-0.4, -0.2) is 52.2 Å². The number of anilines is 2. The molecule has 2 fully saturated rings. The van der Waals surface area contributed by atoms with Crippen LogP contribution in [0.1, 0.15) is 12.8 Å². The first kappa shape index (κ1) is 16.0. The maximum absolute atomic E-state index is 10.4. The number of benzene rings is 1. The molecule has 0 saturated carbocycles. The van der Waals surface area contributed by atoms with Crippen molar-refractivity contribution in [1.82, 2.24) is 4.98 Å². The standard InChI is InChI=1S/C18H19N7O2/c26-14-11-13(23-9-10-23)18(27)16-17(14)25(22-20-16)21-12-4-7-24(8-5-12)15-3-1-2-6-19-15/h1-3,6,11-12,21H,4-5,7-10H2/p+1. The largest absolute Gasteiger partial charge is 0.504 e. The minimum atomic E-state index is 0.0318. The zero-order valence-electron chi connectivity index (χ0n) is 14.7. The Bertz CT molecular complexity index is 932. The van der Waals surface area contributed by atoms with Crippen molar-refractivity contribution < 1.29 is 15.0 Å². The average molecular weight is 366 g/mol. The normalized spacial score (nSPS) is 20.4. The number of piperidine rings is 1. The van der Waals surface area contributed by atoms with Crippen LogP contribution in [0.3, 0.4) is 0 Å². The number of pyridine rings is 1. The van der Waals surface area contributed by atoms with Crippen molar-refractivity contribution in [1.29, 1.82) is 0 Å². The van der Waals surface area contributed by atoms with Crippen molar-refractivity contribution in [3.63, 3.8) is 0 Å². The van der Waals surface area contributed by atoms with Gasteiger partial charge in [-0.05, 0) is 25.0 Å². The SMILES string of the molecule is Oc1cc(N2CC2)c(O)c2c1[N+](=NC1CCN(c3ccccn3)CC1)N=N2. The Morgan fingerprint density at radius 3 is 2.59 bits per heavy atom. The molecular formula is C18H20N7O2+. The Balaban J connectivity index is 1.35. The van der Waals surface area contributed by atoms with E-state index in [4.69, 9.17) is 0 Å². The van der Waals surface area contributed by atoms with Gasteiger partial charge in [0.05, 0.1) is 16.8 Å². The third kappa shape index (κ3) is 2.84. The molecule has 2 N–H and O–H groups in total.